The lowest BCUT2D eigenvalue weighted by Crippen LogP contribution is -2.03. The number of hydrogen-bond donors (Lipinski definition) is 0. The Bertz CT molecular complexity index is 1290. The van der Waals surface area contributed by atoms with Gasteiger partial charge < -0.3 is 14.0 Å². The Morgan fingerprint density at radius 3 is 2.89 bits per heavy atom. The van der Waals surface area contributed by atoms with Gasteiger partial charge in [-0.3, -0.25) is 4.98 Å². The average molecular weight is 392 g/mol. The third-order valence-electron chi connectivity index (χ3n) is 4.48. The molecule has 0 spiro atoms. The lowest BCUT2D eigenvalue weighted by molar-refractivity contribution is 0.296. The van der Waals surface area contributed by atoms with Gasteiger partial charge in [0.2, 0.25) is 4.96 Å². The summed E-state index contributed by atoms with van der Waals surface area (Å²) in [6.45, 7) is 0.253. The van der Waals surface area contributed by atoms with E-state index in [1.165, 1.54) is 11.3 Å². The minimum atomic E-state index is 0.253. The Kier molecular flexibility index (Phi) is 3.94. The van der Waals surface area contributed by atoms with Crippen LogP contribution in [0.25, 0.3) is 26.6 Å². The van der Waals surface area contributed by atoms with Crippen LogP contribution in [0.15, 0.2) is 48.8 Å². The van der Waals surface area contributed by atoms with Gasteiger partial charge in [-0.25, -0.2) is 0 Å². The van der Waals surface area contributed by atoms with Gasteiger partial charge in [0.05, 0.1) is 18.3 Å². The molecular formula is C19H16N6O2S. The molecular weight excluding hydrogens is 376 g/mol. The molecule has 5 aromatic rings. The topological polar surface area (TPSA) is 79.4 Å². The number of rotatable bonds is 5. The first-order chi connectivity index (χ1) is 13.7. The molecule has 140 valence electrons. The summed E-state index contributed by atoms with van der Waals surface area (Å²) in [6, 6.07) is 11.6. The molecule has 0 saturated heterocycles. The van der Waals surface area contributed by atoms with Gasteiger partial charge in [-0.1, -0.05) is 11.3 Å². The lowest BCUT2D eigenvalue weighted by Gasteiger charge is -2.08. The van der Waals surface area contributed by atoms with E-state index in [4.69, 9.17) is 9.47 Å². The molecule has 4 aromatic heterocycles. The average Bonchev–Trinajstić information content (AvgIpc) is 3.41. The Morgan fingerprint density at radius 2 is 2.07 bits per heavy atom. The number of pyridine rings is 1. The summed E-state index contributed by atoms with van der Waals surface area (Å²) >= 11 is 1.50. The SMILES string of the molecule is COc1ccc2c(OCc3nnc4sc(-c5cccn5C)nn34)ccnc2c1. The molecule has 5 rings (SSSR count). The maximum Gasteiger partial charge on any atom is 0.235 e. The molecule has 0 atom stereocenters. The summed E-state index contributed by atoms with van der Waals surface area (Å²) < 4.78 is 15.0. The second-order valence-electron chi connectivity index (χ2n) is 6.20. The third kappa shape index (κ3) is 2.76. The van der Waals surface area contributed by atoms with Crippen molar-refractivity contribution in [3.05, 3.63) is 54.6 Å². The van der Waals surface area contributed by atoms with Crippen molar-refractivity contribution in [3.63, 3.8) is 0 Å². The van der Waals surface area contributed by atoms with Crippen LogP contribution in [0.3, 0.4) is 0 Å². The fraction of sp³-hybridized carbons (Fsp3) is 0.158. The highest BCUT2D eigenvalue weighted by atomic mass is 32.1. The fourth-order valence-corrected chi connectivity index (χ4v) is 3.96. The normalized spacial score (nSPS) is 11.4. The molecule has 8 nitrogen and oxygen atoms in total. The van der Waals surface area contributed by atoms with Crippen molar-refractivity contribution in [2.24, 2.45) is 7.05 Å². The number of hydrogen-bond acceptors (Lipinski definition) is 7. The smallest absolute Gasteiger partial charge is 0.235 e. The first-order valence-electron chi connectivity index (χ1n) is 8.61. The quantitative estimate of drug-likeness (QED) is 0.456. The molecule has 9 heteroatoms. The van der Waals surface area contributed by atoms with Crippen LogP contribution >= 0.6 is 11.3 Å². The lowest BCUT2D eigenvalue weighted by atomic mass is 10.2. The highest BCUT2D eigenvalue weighted by Crippen LogP contribution is 2.28. The number of nitrogens with zero attached hydrogens (tertiary/aromatic N) is 6. The zero-order valence-electron chi connectivity index (χ0n) is 15.2. The maximum absolute atomic E-state index is 6.02. The van der Waals surface area contributed by atoms with Crippen molar-refractivity contribution in [1.29, 1.82) is 0 Å². The Hall–Kier alpha value is -3.46. The molecule has 0 radical (unpaired) electrons. The van der Waals surface area contributed by atoms with Crippen molar-refractivity contribution in [3.8, 4) is 22.2 Å². The van der Waals surface area contributed by atoms with Gasteiger partial charge >= 0.3 is 0 Å². The van der Waals surface area contributed by atoms with Gasteiger partial charge in [-0.15, -0.1) is 10.2 Å². The first-order valence-corrected chi connectivity index (χ1v) is 9.43. The van der Waals surface area contributed by atoms with Crippen molar-refractivity contribution in [1.82, 2.24) is 29.4 Å². The highest BCUT2D eigenvalue weighted by Gasteiger charge is 2.15. The van der Waals surface area contributed by atoms with Gasteiger partial charge in [-0.2, -0.15) is 9.61 Å². The second kappa shape index (κ2) is 6.61. The number of aryl methyl sites for hydroxylation is 1. The largest absolute Gasteiger partial charge is 0.497 e. The van der Waals surface area contributed by atoms with E-state index in [9.17, 15) is 0 Å². The molecule has 0 unspecified atom stereocenters. The van der Waals surface area contributed by atoms with E-state index >= 15 is 0 Å². The van der Waals surface area contributed by atoms with E-state index in [1.54, 1.807) is 17.8 Å². The maximum atomic E-state index is 6.02. The molecule has 0 aliphatic rings. The minimum Gasteiger partial charge on any atom is -0.497 e. The van der Waals surface area contributed by atoms with Crippen LogP contribution in [0.1, 0.15) is 5.82 Å². The zero-order chi connectivity index (χ0) is 19.1. The van der Waals surface area contributed by atoms with E-state index in [2.05, 4.69) is 20.3 Å². The Morgan fingerprint density at radius 1 is 1.14 bits per heavy atom. The summed E-state index contributed by atoms with van der Waals surface area (Å²) in [6.07, 6.45) is 3.71. The molecule has 0 aliphatic heterocycles. The zero-order valence-corrected chi connectivity index (χ0v) is 16.1. The molecule has 28 heavy (non-hydrogen) atoms. The van der Waals surface area contributed by atoms with Crippen LogP contribution in [-0.4, -0.2) is 36.5 Å². The molecule has 4 heterocycles. The monoisotopic (exact) mass is 392 g/mol. The number of methoxy groups -OCH3 is 1. The minimum absolute atomic E-state index is 0.253. The molecule has 0 aliphatic carbocycles. The van der Waals surface area contributed by atoms with Crippen molar-refractivity contribution in [2.75, 3.05) is 7.11 Å². The van der Waals surface area contributed by atoms with Crippen LogP contribution in [-0.2, 0) is 13.7 Å². The molecule has 0 N–H and O–H groups in total. The van der Waals surface area contributed by atoms with Crippen molar-refractivity contribution >= 4 is 27.2 Å². The predicted octanol–water partition coefficient (Wildman–Crippen LogP) is 3.33. The van der Waals surface area contributed by atoms with E-state index in [0.29, 0.717) is 5.82 Å². The van der Waals surface area contributed by atoms with Gasteiger partial charge in [-0.05, 0) is 30.3 Å². The molecule has 0 amide bonds. The molecule has 0 fully saturated rings. The van der Waals surface area contributed by atoms with E-state index < -0.39 is 0 Å². The van der Waals surface area contributed by atoms with Crippen LogP contribution < -0.4 is 9.47 Å². The number of ether oxygens (including phenoxy) is 2. The van der Waals surface area contributed by atoms with Crippen molar-refractivity contribution in [2.45, 2.75) is 6.61 Å². The van der Waals surface area contributed by atoms with E-state index in [1.807, 2.05) is 54.2 Å². The van der Waals surface area contributed by atoms with Crippen LogP contribution in [0.5, 0.6) is 11.5 Å². The Labute approximate surface area is 164 Å². The van der Waals surface area contributed by atoms with Gasteiger partial charge in [0.1, 0.15) is 18.1 Å². The van der Waals surface area contributed by atoms with Crippen LogP contribution in [0.2, 0.25) is 0 Å². The van der Waals surface area contributed by atoms with E-state index in [0.717, 1.165) is 38.1 Å². The van der Waals surface area contributed by atoms with E-state index in [-0.39, 0.29) is 6.61 Å². The standard InChI is InChI=1S/C19H16N6O2S/c1-24-9-3-4-15(24)18-23-25-17(21-22-19(25)28-18)11-27-16-7-8-20-14-10-12(26-2)5-6-13(14)16/h3-10H,11H2,1-2H3. The summed E-state index contributed by atoms with van der Waals surface area (Å²) in [5.41, 5.74) is 1.85. The second-order valence-corrected chi connectivity index (χ2v) is 7.16. The summed E-state index contributed by atoms with van der Waals surface area (Å²) in [5.74, 6) is 2.12. The predicted molar refractivity (Wildman–Crippen MR) is 106 cm³/mol. The number of benzene rings is 1. The third-order valence-corrected chi connectivity index (χ3v) is 5.41. The van der Waals surface area contributed by atoms with Crippen LogP contribution in [0, 0.1) is 0 Å². The molecule has 1 aromatic carbocycles. The van der Waals surface area contributed by atoms with Gasteiger partial charge in [0.15, 0.2) is 10.8 Å². The number of aromatic nitrogens is 6. The summed E-state index contributed by atoms with van der Waals surface area (Å²) in [7, 11) is 3.63. The highest BCUT2D eigenvalue weighted by molar-refractivity contribution is 7.19. The summed E-state index contributed by atoms with van der Waals surface area (Å²) in [5, 5.41) is 14.9. The molecule has 0 saturated carbocycles. The van der Waals surface area contributed by atoms with Gasteiger partial charge in [0.25, 0.3) is 0 Å². The summed E-state index contributed by atoms with van der Waals surface area (Å²) in [4.78, 5) is 5.11. The molecule has 0 bridgehead atoms. The van der Waals surface area contributed by atoms with Gasteiger partial charge in [0, 0.05) is 30.9 Å². The fourth-order valence-electron chi connectivity index (χ4n) is 3.03. The Balaban J connectivity index is 1.44. The number of fused-ring (bicyclic) bond motifs is 2. The first kappa shape index (κ1) is 16.7. The van der Waals surface area contributed by atoms with Crippen LogP contribution in [0.4, 0.5) is 0 Å². The van der Waals surface area contributed by atoms with Crippen molar-refractivity contribution < 1.29 is 9.47 Å².